The van der Waals surface area contributed by atoms with E-state index >= 15 is 0 Å². The van der Waals surface area contributed by atoms with Gasteiger partial charge in [0.15, 0.2) is 0 Å². The van der Waals surface area contributed by atoms with Gasteiger partial charge in [0.1, 0.15) is 0 Å². The Morgan fingerprint density at radius 3 is 2.38 bits per heavy atom. The third kappa shape index (κ3) is 4.93. The smallest absolute Gasteiger partial charge is 0.212 e. The number of sulfonamides is 1. The summed E-state index contributed by atoms with van der Waals surface area (Å²) in [5.41, 5.74) is 8.46. The van der Waals surface area contributed by atoms with Crippen LogP contribution < -0.4 is 10.5 Å². The van der Waals surface area contributed by atoms with Crippen LogP contribution >= 0.6 is 0 Å². The summed E-state index contributed by atoms with van der Waals surface area (Å²) in [6, 6.07) is 11.2. The summed E-state index contributed by atoms with van der Waals surface area (Å²) in [5.74, 6) is 0.0573. The number of rotatable bonds is 7. The van der Waals surface area contributed by atoms with E-state index in [9.17, 15) is 8.42 Å². The fourth-order valence-electron chi connectivity index (χ4n) is 1.99. The molecule has 0 aliphatic rings. The van der Waals surface area contributed by atoms with Crippen LogP contribution in [0.15, 0.2) is 48.8 Å². The van der Waals surface area contributed by atoms with Crippen LogP contribution in [-0.2, 0) is 29.5 Å². The van der Waals surface area contributed by atoms with Crippen molar-refractivity contribution in [3.8, 4) is 0 Å². The maximum atomic E-state index is 12.0. The predicted molar refractivity (Wildman–Crippen MR) is 82.9 cm³/mol. The summed E-state index contributed by atoms with van der Waals surface area (Å²) in [4.78, 5) is 3.91. The summed E-state index contributed by atoms with van der Waals surface area (Å²) < 4.78 is 26.7. The van der Waals surface area contributed by atoms with Crippen molar-refractivity contribution in [1.29, 1.82) is 0 Å². The lowest BCUT2D eigenvalue weighted by atomic mass is 10.1. The molecule has 0 saturated carbocycles. The molecule has 0 atom stereocenters. The Balaban J connectivity index is 1.92. The lowest BCUT2D eigenvalue weighted by Gasteiger charge is -2.10. The molecule has 6 heteroatoms. The van der Waals surface area contributed by atoms with Gasteiger partial charge in [0.25, 0.3) is 0 Å². The van der Waals surface area contributed by atoms with E-state index in [2.05, 4.69) is 9.71 Å². The van der Waals surface area contributed by atoms with Gasteiger partial charge in [-0.3, -0.25) is 4.98 Å². The van der Waals surface area contributed by atoms with E-state index in [-0.39, 0.29) is 12.3 Å². The lowest BCUT2D eigenvalue weighted by Crippen LogP contribution is -2.27. The second-order valence-corrected chi connectivity index (χ2v) is 6.64. The minimum atomic E-state index is -3.31. The summed E-state index contributed by atoms with van der Waals surface area (Å²) in [7, 11) is -3.31. The quantitative estimate of drug-likeness (QED) is 0.805. The molecular formula is C15H19N3O2S. The van der Waals surface area contributed by atoms with Gasteiger partial charge in [-0.1, -0.05) is 24.3 Å². The Morgan fingerprint density at radius 2 is 1.71 bits per heavy atom. The van der Waals surface area contributed by atoms with Gasteiger partial charge in [0, 0.05) is 25.5 Å². The third-order valence-electron chi connectivity index (χ3n) is 3.23. The van der Waals surface area contributed by atoms with Crippen molar-refractivity contribution < 1.29 is 8.42 Å². The first-order valence-electron chi connectivity index (χ1n) is 6.74. The summed E-state index contributed by atoms with van der Waals surface area (Å²) in [6.45, 7) is 0.668. The fraction of sp³-hybridized carbons (Fsp3) is 0.267. The maximum Gasteiger partial charge on any atom is 0.212 e. The van der Waals surface area contributed by atoms with Crippen LogP contribution in [0.4, 0.5) is 0 Å². The van der Waals surface area contributed by atoms with Crippen LogP contribution in [0.2, 0.25) is 0 Å². The average Bonchev–Trinajstić information content (AvgIpc) is 2.52. The number of benzene rings is 1. The first-order valence-corrected chi connectivity index (χ1v) is 8.39. The summed E-state index contributed by atoms with van der Waals surface area (Å²) in [6.07, 6.45) is 3.79. The number of nitrogens with zero attached hydrogens (tertiary/aromatic N) is 1. The Kier molecular flexibility index (Phi) is 5.44. The molecule has 0 unspecified atom stereocenters. The molecule has 0 radical (unpaired) electrons. The molecule has 0 aliphatic heterocycles. The van der Waals surface area contributed by atoms with Crippen molar-refractivity contribution in [2.45, 2.75) is 19.5 Å². The number of hydrogen-bond acceptors (Lipinski definition) is 4. The molecule has 0 spiro atoms. The first-order chi connectivity index (χ1) is 10.1. The SMILES string of the molecule is NCc1ccccc1CNS(=O)(=O)CCc1ccncc1. The number of aryl methyl sites for hydroxylation is 1. The Bertz CT molecular complexity index is 672. The van der Waals surface area contributed by atoms with Crippen molar-refractivity contribution in [3.05, 3.63) is 65.5 Å². The molecule has 112 valence electrons. The number of nitrogens with one attached hydrogen (secondary N) is 1. The Hall–Kier alpha value is -1.76. The van der Waals surface area contributed by atoms with Gasteiger partial charge in [-0.05, 0) is 35.2 Å². The van der Waals surface area contributed by atoms with Crippen LogP contribution in [0, 0.1) is 0 Å². The van der Waals surface area contributed by atoms with E-state index in [1.807, 2.05) is 36.4 Å². The monoisotopic (exact) mass is 305 g/mol. The van der Waals surface area contributed by atoms with Crippen LogP contribution in [0.25, 0.3) is 0 Å². The van der Waals surface area contributed by atoms with Crippen LogP contribution in [0.3, 0.4) is 0 Å². The molecular weight excluding hydrogens is 286 g/mol. The van der Waals surface area contributed by atoms with Gasteiger partial charge >= 0.3 is 0 Å². The second-order valence-electron chi connectivity index (χ2n) is 4.72. The molecule has 2 aromatic rings. The molecule has 0 saturated heterocycles. The van der Waals surface area contributed by atoms with Gasteiger partial charge in [0.05, 0.1) is 5.75 Å². The van der Waals surface area contributed by atoms with Crippen LogP contribution in [-0.4, -0.2) is 19.2 Å². The highest BCUT2D eigenvalue weighted by Crippen LogP contribution is 2.08. The number of nitrogens with two attached hydrogens (primary N) is 1. The van der Waals surface area contributed by atoms with E-state index < -0.39 is 10.0 Å². The fourth-order valence-corrected chi connectivity index (χ4v) is 3.01. The zero-order valence-corrected chi connectivity index (χ0v) is 12.5. The average molecular weight is 305 g/mol. The number of pyridine rings is 1. The van der Waals surface area contributed by atoms with Crippen LogP contribution in [0.5, 0.6) is 0 Å². The van der Waals surface area contributed by atoms with Gasteiger partial charge in [-0.25, -0.2) is 13.1 Å². The molecule has 2 rings (SSSR count). The minimum absolute atomic E-state index is 0.0573. The standard InChI is InChI=1S/C15H19N3O2S/c16-11-14-3-1-2-4-15(14)12-18-21(19,20)10-7-13-5-8-17-9-6-13/h1-6,8-9,18H,7,10-12,16H2. The van der Waals surface area contributed by atoms with E-state index in [4.69, 9.17) is 5.73 Å². The molecule has 5 nitrogen and oxygen atoms in total. The van der Waals surface area contributed by atoms with Crippen molar-refractivity contribution in [2.75, 3.05) is 5.75 Å². The highest BCUT2D eigenvalue weighted by molar-refractivity contribution is 7.89. The number of hydrogen-bond donors (Lipinski definition) is 2. The molecule has 0 fully saturated rings. The maximum absolute atomic E-state index is 12.0. The Labute approximate surface area is 125 Å². The zero-order valence-electron chi connectivity index (χ0n) is 11.7. The molecule has 0 aliphatic carbocycles. The highest BCUT2D eigenvalue weighted by atomic mass is 32.2. The highest BCUT2D eigenvalue weighted by Gasteiger charge is 2.11. The normalized spacial score (nSPS) is 11.5. The third-order valence-corrected chi connectivity index (χ3v) is 4.56. The first kappa shape index (κ1) is 15.6. The molecule has 1 aromatic heterocycles. The van der Waals surface area contributed by atoms with E-state index in [1.54, 1.807) is 12.4 Å². The van der Waals surface area contributed by atoms with Gasteiger partial charge in [-0.2, -0.15) is 0 Å². The molecule has 21 heavy (non-hydrogen) atoms. The largest absolute Gasteiger partial charge is 0.326 e. The van der Waals surface area contributed by atoms with E-state index in [0.717, 1.165) is 16.7 Å². The molecule has 1 heterocycles. The lowest BCUT2D eigenvalue weighted by molar-refractivity contribution is 0.580. The van der Waals surface area contributed by atoms with Gasteiger partial charge in [0.2, 0.25) is 10.0 Å². The molecule has 0 bridgehead atoms. The molecule has 0 amide bonds. The van der Waals surface area contributed by atoms with Crippen molar-refractivity contribution in [1.82, 2.24) is 9.71 Å². The second kappa shape index (κ2) is 7.31. The molecule has 1 aromatic carbocycles. The van der Waals surface area contributed by atoms with E-state index in [1.165, 1.54) is 0 Å². The van der Waals surface area contributed by atoms with Crippen molar-refractivity contribution in [2.24, 2.45) is 5.73 Å². The topological polar surface area (TPSA) is 85.1 Å². The predicted octanol–water partition coefficient (Wildman–Crippen LogP) is 1.20. The van der Waals surface area contributed by atoms with Gasteiger partial charge in [-0.15, -0.1) is 0 Å². The van der Waals surface area contributed by atoms with Crippen molar-refractivity contribution >= 4 is 10.0 Å². The Morgan fingerprint density at radius 1 is 1.05 bits per heavy atom. The number of aromatic nitrogens is 1. The molecule has 3 N–H and O–H groups in total. The minimum Gasteiger partial charge on any atom is -0.326 e. The summed E-state index contributed by atoms with van der Waals surface area (Å²) >= 11 is 0. The van der Waals surface area contributed by atoms with E-state index in [0.29, 0.717) is 13.0 Å². The van der Waals surface area contributed by atoms with Gasteiger partial charge < -0.3 is 5.73 Å². The van der Waals surface area contributed by atoms with Crippen molar-refractivity contribution in [3.63, 3.8) is 0 Å². The zero-order chi connectivity index (χ0) is 15.1. The summed E-state index contributed by atoms with van der Waals surface area (Å²) in [5, 5.41) is 0. The van der Waals surface area contributed by atoms with Crippen LogP contribution in [0.1, 0.15) is 16.7 Å².